The summed E-state index contributed by atoms with van der Waals surface area (Å²) in [5.41, 5.74) is 6.80. The minimum atomic E-state index is -0.499. The molecule has 7 nitrogen and oxygen atoms in total. The lowest BCUT2D eigenvalue weighted by Gasteiger charge is -2.39. The van der Waals surface area contributed by atoms with E-state index in [2.05, 4.69) is 19.2 Å². The van der Waals surface area contributed by atoms with E-state index in [4.69, 9.17) is 15.9 Å². The zero-order valence-corrected chi connectivity index (χ0v) is 19.6. The number of ether oxygens (including phenoxy) is 1. The molecule has 4 N–H and O–H groups in total. The van der Waals surface area contributed by atoms with Crippen LogP contribution >= 0.6 is 0 Å². The number of para-hydroxylation sites is 2. The Morgan fingerprint density at radius 1 is 1.28 bits per heavy atom. The van der Waals surface area contributed by atoms with E-state index in [1.54, 1.807) is 0 Å². The number of amides is 1. The Bertz CT molecular complexity index is 830. The van der Waals surface area contributed by atoms with Crippen LogP contribution in [-0.2, 0) is 4.79 Å². The molecule has 3 heterocycles. The number of hydrogen-bond acceptors (Lipinski definition) is 4. The first-order valence-electron chi connectivity index (χ1n) is 12.3. The van der Waals surface area contributed by atoms with E-state index in [1.807, 2.05) is 34.1 Å². The van der Waals surface area contributed by atoms with Crippen LogP contribution in [0.5, 0.6) is 5.75 Å². The number of fused-ring (bicyclic) bond motifs is 1. The van der Waals surface area contributed by atoms with Crippen molar-refractivity contribution in [3.63, 3.8) is 0 Å². The molecule has 0 aliphatic carbocycles. The number of nitrogens with two attached hydrogens (primary N) is 1. The van der Waals surface area contributed by atoms with Gasteiger partial charge in [-0.2, -0.15) is 0 Å². The largest absolute Gasteiger partial charge is 0.478 e. The maximum atomic E-state index is 13.4. The smallest absolute Gasteiger partial charge is 0.268 e. The molecule has 3 aliphatic rings. The van der Waals surface area contributed by atoms with Crippen molar-refractivity contribution >= 4 is 17.6 Å². The Morgan fingerprint density at radius 2 is 2.09 bits per heavy atom. The molecule has 1 aromatic carbocycles. The van der Waals surface area contributed by atoms with Crippen molar-refractivity contribution in [2.75, 3.05) is 24.5 Å². The number of carbonyl (C=O) groups excluding carboxylic acids is 1. The van der Waals surface area contributed by atoms with E-state index < -0.39 is 6.10 Å². The van der Waals surface area contributed by atoms with Gasteiger partial charge >= 0.3 is 0 Å². The Kier molecular flexibility index (Phi) is 6.93. The standard InChI is InChI=1S/C25H39N5O2/c1-18-9-8-14-25(2,28-18)13-6-3-7-15-30-20-10-4-5-11-21(20)32-22(23(30)31)19-12-16-29(17-19)24(26)27/h4-5,10-11,18-19,22,28H,3,6-9,12-17H2,1-2H3,(H3,26,27)/t18-,19?,22?,25+/m0/s1. The van der Waals surface area contributed by atoms with Crippen molar-refractivity contribution < 1.29 is 9.53 Å². The molecule has 0 spiro atoms. The molecule has 3 aliphatic heterocycles. The molecule has 0 bridgehead atoms. The summed E-state index contributed by atoms with van der Waals surface area (Å²) in [6.45, 7) is 6.68. The first kappa shape index (κ1) is 22.9. The number of nitrogens with zero attached hydrogens (tertiary/aromatic N) is 2. The lowest BCUT2D eigenvalue weighted by Crippen LogP contribution is -2.50. The van der Waals surface area contributed by atoms with Crippen molar-refractivity contribution in [2.24, 2.45) is 11.7 Å². The number of benzene rings is 1. The summed E-state index contributed by atoms with van der Waals surface area (Å²) in [6.07, 6.45) is 8.64. The number of hydrogen-bond donors (Lipinski definition) is 3. The van der Waals surface area contributed by atoms with Crippen molar-refractivity contribution in [3.8, 4) is 5.75 Å². The van der Waals surface area contributed by atoms with Gasteiger partial charge in [0, 0.05) is 37.1 Å². The maximum absolute atomic E-state index is 13.4. The number of rotatable bonds is 7. The van der Waals surface area contributed by atoms with E-state index >= 15 is 0 Å². The SMILES string of the molecule is C[C@H]1CCC[C@@](C)(CCCCCN2C(=O)C(C3CCN(C(=N)N)C3)Oc3ccccc32)N1. The average molecular weight is 442 g/mol. The van der Waals surface area contributed by atoms with Gasteiger partial charge in [-0.1, -0.05) is 31.4 Å². The van der Waals surface area contributed by atoms with Crippen LogP contribution in [0.25, 0.3) is 0 Å². The summed E-state index contributed by atoms with van der Waals surface area (Å²) in [4.78, 5) is 17.2. The van der Waals surface area contributed by atoms with Gasteiger partial charge < -0.3 is 25.6 Å². The minimum absolute atomic E-state index is 0.0498. The average Bonchev–Trinajstić information content (AvgIpc) is 3.25. The van der Waals surface area contributed by atoms with Crippen LogP contribution in [0.4, 0.5) is 5.69 Å². The molecule has 176 valence electrons. The summed E-state index contributed by atoms with van der Waals surface area (Å²) >= 11 is 0. The molecule has 2 saturated heterocycles. The Hall–Kier alpha value is -2.28. The molecule has 2 unspecified atom stereocenters. The highest BCUT2D eigenvalue weighted by atomic mass is 16.5. The lowest BCUT2D eigenvalue weighted by molar-refractivity contribution is -0.128. The Balaban J connectivity index is 1.34. The third kappa shape index (κ3) is 5.03. The van der Waals surface area contributed by atoms with Crippen LogP contribution < -0.4 is 20.7 Å². The topological polar surface area (TPSA) is 94.7 Å². The molecule has 2 fully saturated rings. The highest BCUT2D eigenvalue weighted by Gasteiger charge is 2.42. The zero-order chi connectivity index (χ0) is 22.7. The maximum Gasteiger partial charge on any atom is 0.268 e. The van der Waals surface area contributed by atoms with E-state index in [-0.39, 0.29) is 23.3 Å². The summed E-state index contributed by atoms with van der Waals surface area (Å²) in [5, 5.41) is 11.5. The zero-order valence-electron chi connectivity index (χ0n) is 19.6. The Morgan fingerprint density at radius 3 is 2.84 bits per heavy atom. The number of guanidine groups is 1. The van der Waals surface area contributed by atoms with Crippen LogP contribution in [0.2, 0.25) is 0 Å². The summed E-state index contributed by atoms with van der Waals surface area (Å²) in [6, 6.07) is 8.47. The number of nitrogens with one attached hydrogen (secondary N) is 2. The first-order valence-corrected chi connectivity index (χ1v) is 12.3. The summed E-state index contributed by atoms with van der Waals surface area (Å²) < 4.78 is 6.18. The van der Waals surface area contributed by atoms with E-state index in [0.717, 1.165) is 37.2 Å². The minimum Gasteiger partial charge on any atom is -0.478 e. The first-order chi connectivity index (χ1) is 15.4. The van der Waals surface area contributed by atoms with Gasteiger partial charge in [0.1, 0.15) is 5.75 Å². The fraction of sp³-hybridized carbons (Fsp3) is 0.680. The number of unbranched alkanes of at least 4 members (excludes halogenated alkanes) is 2. The molecule has 0 radical (unpaired) electrons. The van der Waals surface area contributed by atoms with Crippen molar-refractivity contribution in [3.05, 3.63) is 24.3 Å². The van der Waals surface area contributed by atoms with Gasteiger partial charge in [-0.3, -0.25) is 10.2 Å². The second kappa shape index (κ2) is 9.69. The van der Waals surface area contributed by atoms with Crippen LogP contribution in [0.3, 0.4) is 0 Å². The molecule has 32 heavy (non-hydrogen) atoms. The Labute approximate surface area is 192 Å². The molecular weight excluding hydrogens is 402 g/mol. The fourth-order valence-electron chi connectivity index (χ4n) is 5.72. The van der Waals surface area contributed by atoms with Crippen LogP contribution in [0.15, 0.2) is 24.3 Å². The molecule has 0 aromatic heterocycles. The van der Waals surface area contributed by atoms with Gasteiger partial charge in [0.15, 0.2) is 12.1 Å². The van der Waals surface area contributed by atoms with Gasteiger partial charge in [0.05, 0.1) is 5.69 Å². The second-order valence-electron chi connectivity index (χ2n) is 10.2. The molecule has 0 saturated carbocycles. The highest BCUT2D eigenvalue weighted by molar-refractivity contribution is 6.00. The van der Waals surface area contributed by atoms with Gasteiger partial charge in [0.25, 0.3) is 5.91 Å². The van der Waals surface area contributed by atoms with Crippen LogP contribution in [0.1, 0.15) is 65.2 Å². The van der Waals surface area contributed by atoms with E-state index in [1.165, 1.54) is 32.1 Å². The van der Waals surface area contributed by atoms with Gasteiger partial charge in [-0.05, 0) is 58.1 Å². The summed E-state index contributed by atoms with van der Waals surface area (Å²) in [5.74, 6) is 0.963. The molecular formula is C25H39N5O2. The number of carbonyl (C=O) groups is 1. The highest BCUT2D eigenvalue weighted by Crippen LogP contribution is 2.37. The predicted molar refractivity (Wildman–Crippen MR) is 128 cm³/mol. The number of piperidine rings is 1. The molecule has 7 heteroatoms. The quantitative estimate of drug-likeness (QED) is 0.342. The van der Waals surface area contributed by atoms with Gasteiger partial charge in [-0.15, -0.1) is 0 Å². The number of anilines is 1. The number of likely N-dealkylation sites (tertiary alicyclic amines) is 1. The third-order valence-corrected chi connectivity index (χ3v) is 7.48. The second-order valence-corrected chi connectivity index (χ2v) is 10.2. The van der Waals surface area contributed by atoms with Crippen molar-refractivity contribution in [1.82, 2.24) is 10.2 Å². The van der Waals surface area contributed by atoms with Gasteiger partial charge in [0.2, 0.25) is 0 Å². The van der Waals surface area contributed by atoms with Crippen molar-refractivity contribution in [2.45, 2.75) is 82.9 Å². The monoisotopic (exact) mass is 441 g/mol. The lowest BCUT2D eigenvalue weighted by atomic mass is 9.84. The molecule has 4 atom stereocenters. The normalized spacial score (nSPS) is 30.2. The predicted octanol–water partition coefficient (Wildman–Crippen LogP) is 3.48. The van der Waals surface area contributed by atoms with Crippen LogP contribution in [-0.4, -0.2) is 54.1 Å². The summed E-state index contributed by atoms with van der Waals surface area (Å²) in [7, 11) is 0. The molecule has 4 rings (SSSR count). The van der Waals surface area contributed by atoms with Gasteiger partial charge in [-0.25, -0.2) is 0 Å². The third-order valence-electron chi connectivity index (χ3n) is 7.48. The van der Waals surface area contributed by atoms with E-state index in [0.29, 0.717) is 19.1 Å². The van der Waals surface area contributed by atoms with E-state index in [9.17, 15) is 4.79 Å². The molecule has 1 aromatic rings. The van der Waals surface area contributed by atoms with Crippen molar-refractivity contribution in [1.29, 1.82) is 5.41 Å². The fourth-order valence-corrected chi connectivity index (χ4v) is 5.72. The molecule has 1 amide bonds. The van der Waals surface area contributed by atoms with Crippen LogP contribution in [0, 0.1) is 11.3 Å².